The van der Waals surface area contributed by atoms with Gasteiger partial charge in [0.25, 0.3) is 6.01 Å². The van der Waals surface area contributed by atoms with Crippen molar-refractivity contribution in [3.63, 3.8) is 0 Å². The molecule has 0 saturated carbocycles. The van der Waals surface area contributed by atoms with Gasteiger partial charge in [-0.3, -0.25) is 0 Å². The van der Waals surface area contributed by atoms with Gasteiger partial charge in [-0.05, 0) is 27.2 Å². The first-order chi connectivity index (χ1) is 8.98. The van der Waals surface area contributed by atoms with Gasteiger partial charge in [0, 0.05) is 36.2 Å². The third-order valence-corrected chi connectivity index (χ3v) is 4.58. The number of anilines is 1. The van der Waals surface area contributed by atoms with Crippen molar-refractivity contribution in [1.29, 1.82) is 0 Å². The second-order valence-electron chi connectivity index (χ2n) is 6.07. The van der Waals surface area contributed by atoms with E-state index in [-0.39, 0.29) is 5.54 Å². The predicted molar refractivity (Wildman–Crippen MR) is 81.8 cm³/mol. The average Bonchev–Trinajstić information content (AvgIpc) is 2.84. The molecule has 2 rings (SSSR count). The van der Waals surface area contributed by atoms with Crippen molar-refractivity contribution in [3.05, 3.63) is 12.0 Å². The molecule has 1 aliphatic heterocycles. The normalized spacial score (nSPS) is 20.8. The van der Waals surface area contributed by atoms with Crippen molar-refractivity contribution in [2.45, 2.75) is 51.4 Å². The van der Waals surface area contributed by atoms with E-state index in [0.717, 1.165) is 37.1 Å². The summed E-state index contributed by atoms with van der Waals surface area (Å²) >= 11 is 2.06. The molecule has 0 spiro atoms. The smallest absolute Gasteiger partial charge is 0.297 e. The topological polar surface area (TPSA) is 41.3 Å². The summed E-state index contributed by atoms with van der Waals surface area (Å²) in [5, 5.41) is 4.13. The van der Waals surface area contributed by atoms with Gasteiger partial charge in [-0.1, -0.05) is 6.92 Å². The van der Waals surface area contributed by atoms with Crippen LogP contribution in [0, 0.1) is 0 Å². The monoisotopic (exact) mass is 283 g/mol. The Hall–Kier alpha value is -0.680. The maximum atomic E-state index is 5.63. The molecule has 108 valence electrons. The fourth-order valence-electron chi connectivity index (χ4n) is 2.02. The van der Waals surface area contributed by atoms with Crippen LogP contribution in [-0.4, -0.2) is 34.6 Å². The molecule has 5 heteroatoms. The molecule has 1 N–H and O–H groups in total. The van der Waals surface area contributed by atoms with Gasteiger partial charge in [0.05, 0.1) is 5.69 Å². The average molecular weight is 283 g/mol. The highest BCUT2D eigenvalue weighted by Crippen LogP contribution is 2.25. The largest absolute Gasteiger partial charge is 0.432 e. The van der Waals surface area contributed by atoms with Crippen LogP contribution in [0.1, 0.15) is 39.8 Å². The Morgan fingerprint density at radius 1 is 1.53 bits per heavy atom. The number of hydrogen-bond acceptors (Lipinski definition) is 5. The number of hydrogen-bond donors (Lipinski definition) is 1. The van der Waals surface area contributed by atoms with Crippen LogP contribution < -0.4 is 10.2 Å². The quantitative estimate of drug-likeness (QED) is 0.920. The van der Waals surface area contributed by atoms with Crippen LogP contribution in [0.25, 0.3) is 0 Å². The highest BCUT2D eigenvalue weighted by Gasteiger charge is 2.22. The maximum absolute atomic E-state index is 5.63. The minimum Gasteiger partial charge on any atom is -0.432 e. The van der Waals surface area contributed by atoms with Crippen LogP contribution >= 0.6 is 11.8 Å². The second-order valence-corrected chi connectivity index (χ2v) is 7.48. The molecule has 1 fully saturated rings. The van der Waals surface area contributed by atoms with Crippen LogP contribution in [-0.2, 0) is 6.54 Å². The molecule has 0 aromatic carbocycles. The van der Waals surface area contributed by atoms with E-state index < -0.39 is 0 Å². The van der Waals surface area contributed by atoms with Crippen molar-refractivity contribution in [2.75, 3.05) is 23.7 Å². The molecule has 19 heavy (non-hydrogen) atoms. The van der Waals surface area contributed by atoms with Gasteiger partial charge in [0.2, 0.25) is 0 Å². The number of nitrogens with zero attached hydrogens (tertiary/aromatic N) is 2. The molecule has 0 radical (unpaired) electrons. The number of nitrogens with one attached hydrogen (secondary N) is 1. The van der Waals surface area contributed by atoms with Crippen LogP contribution in [0.3, 0.4) is 0 Å². The van der Waals surface area contributed by atoms with Crippen molar-refractivity contribution in [2.24, 2.45) is 0 Å². The first-order valence-corrected chi connectivity index (χ1v) is 8.09. The van der Waals surface area contributed by atoms with Gasteiger partial charge < -0.3 is 14.6 Å². The lowest BCUT2D eigenvalue weighted by molar-refractivity contribution is 0.421. The summed E-state index contributed by atoms with van der Waals surface area (Å²) in [5.41, 5.74) is 1.09. The Morgan fingerprint density at radius 2 is 2.32 bits per heavy atom. The molecular formula is C14H25N3OS. The van der Waals surface area contributed by atoms with Gasteiger partial charge in [-0.2, -0.15) is 16.7 Å². The zero-order valence-electron chi connectivity index (χ0n) is 12.4. The van der Waals surface area contributed by atoms with Crippen molar-refractivity contribution >= 4 is 17.8 Å². The lowest BCUT2D eigenvalue weighted by Crippen LogP contribution is -2.38. The highest BCUT2D eigenvalue weighted by atomic mass is 32.2. The fourth-order valence-corrected chi connectivity index (χ4v) is 3.20. The summed E-state index contributed by atoms with van der Waals surface area (Å²) in [6, 6.07) is 0.782. The van der Waals surface area contributed by atoms with E-state index in [2.05, 4.69) is 54.7 Å². The van der Waals surface area contributed by atoms with E-state index in [4.69, 9.17) is 4.42 Å². The summed E-state index contributed by atoms with van der Waals surface area (Å²) in [6.45, 7) is 11.6. The summed E-state index contributed by atoms with van der Waals surface area (Å²) in [7, 11) is 0. The van der Waals surface area contributed by atoms with E-state index >= 15 is 0 Å². The minimum atomic E-state index is 0.105. The predicted octanol–water partition coefficient (Wildman–Crippen LogP) is 2.89. The molecule has 0 aliphatic carbocycles. The van der Waals surface area contributed by atoms with Gasteiger partial charge >= 0.3 is 0 Å². The van der Waals surface area contributed by atoms with E-state index in [1.54, 1.807) is 6.26 Å². The standard InChI is InChI=1S/C14H25N3OS/c1-5-12-9-17(6-7-19-12)13-16-11(10-18-13)8-15-14(2,3)4/h10,12,15H,5-9H2,1-4H3. The lowest BCUT2D eigenvalue weighted by Gasteiger charge is -2.30. The fraction of sp³-hybridized carbons (Fsp3) is 0.786. The van der Waals surface area contributed by atoms with Crippen LogP contribution in [0.15, 0.2) is 10.7 Å². The zero-order valence-corrected chi connectivity index (χ0v) is 13.2. The number of aromatic nitrogens is 1. The Kier molecular flexibility index (Phi) is 4.79. The van der Waals surface area contributed by atoms with E-state index in [1.165, 1.54) is 6.42 Å². The van der Waals surface area contributed by atoms with E-state index in [0.29, 0.717) is 5.25 Å². The van der Waals surface area contributed by atoms with Gasteiger partial charge in [-0.25, -0.2) is 0 Å². The molecule has 1 aromatic rings. The SMILES string of the molecule is CCC1CN(c2nc(CNC(C)(C)C)co2)CCS1. The van der Waals surface area contributed by atoms with E-state index in [1.807, 2.05) is 0 Å². The Morgan fingerprint density at radius 3 is 3.00 bits per heavy atom. The summed E-state index contributed by atoms with van der Waals surface area (Å²) in [4.78, 5) is 6.86. The van der Waals surface area contributed by atoms with Crippen molar-refractivity contribution in [1.82, 2.24) is 10.3 Å². The van der Waals surface area contributed by atoms with Crippen LogP contribution in [0.2, 0.25) is 0 Å². The molecule has 1 aromatic heterocycles. The third kappa shape index (κ3) is 4.42. The summed E-state index contributed by atoms with van der Waals surface area (Å²) < 4.78 is 5.63. The van der Waals surface area contributed by atoms with Crippen molar-refractivity contribution < 1.29 is 4.42 Å². The molecule has 0 amide bonds. The maximum Gasteiger partial charge on any atom is 0.297 e. The third-order valence-electron chi connectivity index (χ3n) is 3.20. The lowest BCUT2D eigenvalue weighted by atomic mass is 10.1. The number of thioether (sulfide) groups is 1. The molecule has 1 aliphatic rings. The van der Waals surface area contributed by atoms with Crippen LogP contribution in [0.5, 0.6) is 0 Å². The molecule has 0 bridgehead atoms. The van der Waals surface area contributed by atoms with Crippen LogP contribution in [0.4, 0.5) is 6.01 Å². The summed E-state index contributed by atoms with van der Waals surface area (Å²) in [5.74, 6) is 1.16. The number of oxazole rings is 1. The van der Waals surface area contributed by atoms with Gasteiger partial charge in [-0.15, -0.1) is 0 Å². The Balaban J connectivity index is 1.93. The minimum absolute atomic E-state index is 0.105. The molecule has 1 atom stereocenters. The molecule has 2 heterocycles. The van der Waals surface area contributed by atoms with E-state index in [9.17, 15) is 0 Å². The molecule has 4 nitrogen and oxygen atoms in total. The van der Waals surface area contributed by atoms with Gasteiger partial charge in [0.1, 0.15) is 6.26 Å². The first-order valence-electron chi connectivity index (χ1n) is 7.04. The second kappa shape index (κ2) is 6.18. The number of rotatable bonds is 4. The van der Waals surface area contributed by atoms with Crippen molar-refractivity contribution in [3.8, 4) is 0 Å². The summed E-state index contributed by atoms with van der Waals surface area (Å²) in [6.07, 6.45) is 2.98. The highest BCUT2D eigenvalue weighted by molar-refractivity contribution is 8.00. The Bertz CT molecular complexity index is 400. The molecule has 1 saturated heterocycles. The molecular weight excluding hydrogens is 258 g/mol. The Labute approximate surface area is 120 Å². The first kappa shape index (κ1) is 14.7. The zero-order chi connectivity index (χ0) is 13.9. The van der Waals surface area contributed by atoms with Gasteiger partial charge in [0.15, 0.2) is 0 Å². The molecule has 1 unspecified atom stereocenters.